The Bertz CT molecular complexity index is 203. The van der Waals surface area contributed by atoms with Crippen molar-refractivity contribution < 1.29 is 4.48 Å². The van der Waals surface area contributed by atoms with Crippen molar-refractivity contribution in [1.82, 2.24) is 0 Å². The maximum Gasteiger partial charge on any atom is 0.0969 e. The lowest BCUT2D eigenvalue weighted by Crippen LogP contribution is -2.43. The second-order valence-electron chi connectivity index (χ2n) is 5.43. The largest absolute Gasteiger partial charge is 0.322 e. The van der Waals surface area contributed by atoms with E-state index in [1.807, 2.05) is 0 Å². The Morgan fingerprint density at radius 1 is 1.31 bits per heavy atom. The molecule has 1 spiro atoms. The zero-order chi connectivity index (χ0) is 9.36. The SMILES string of the molecule is C=CC[N+]1(C)CCC2(CCCC2)C1. The molecule has 2 aliphatic rings. The summed E-state index contributed by atoms with van der Waals surface area (Å²) in [6.07, 6.45) is 9.52. The third kappa shape index (κ3) is 1.67. The van der Waals surface area contributed by atoms with E-state index in [1.165, 1.54) is 56.2 Å². The van der Waals surface area contributed by atoms with E-state index >= 15 is 0 Å². The van der Waals surface area contributed by atoms with E-state index in [1.54, 1.807) is 0 Å². The van der Waals surface area contributed by atoms with Gasteiger partial charge in [0.05, 0.1) is 26.7 Å². The van der Waals surface area contributed by atoms with Crippen molar-refractivity contribution in [3.05, 3.63) is 12.7 Å². The average molecular weight is 180 g/mol. The van der Waals surface area contributed by atoms with Crippen LogP contribution in [0.25, 0.3) is 0 Å². The van der Waals surface area contributed by atoms with Gasteiger partial charge < -0.3 is 4.48 Å². The number of nitrogens with zero attached hydrogens (tertiary/aromatic N) is 1. The average Bonchev–Trinajstić information content (AvgIpc) is 2.63. The Hall–Kier alpha value is -0.300. The Labute approximate surface area is 82.0 Å². The van der Waals surface area contributed by atoms with Crippen LogP contribution in [0.5, 0.6) is 0 Å². The van der Waals surface area contributed by atoms with E-state index in [0.29, 0.717) is 0 Å². The van der Waals surface area contributed by atoms with Gasteiger partial charge in [0.25, 0.3) is 0 Å². The lowest BCUT2D eigenvalue weighted by atomic mass is 9.85. The summed E-state index contributed by atoms with van der Waals surface area (Å²) in [6, 6.07) is 0. The molecule has 0 radical (unpaired) electrons. The highest BCUT2D eigenvalue weighted by molar-refractivity contribution is 4.88. The van der Waals surface area contributed by atoms with Crippen LogP contribution in [0, 0.1) is 5.41 Å². The molecule has 13 heavy (non-hydrogen) atoms. The molecular weight excluding hydrogens is 158 g/mol. The lowest BCUT2D eigenvalue weighted by Gasteiger charge is -2.30. The van der Waals surface area contributed by atoms with E-state index < -0.39 is 0 Å². The maximum atomic E-state index is 3.87. The molecule has 1 heterocycles. The molecule has 1 atom stereocenters. The highest BCUT2D eigenvalue weighted by atomic mass is 15.3. The molecule has 1 saturated carbocycles. The van der Waals surface area contributed by atoms with Crippen LogP contribution in [0.1, 0.15) is 32.1 Å². The second kappa shape index (κ2) is 3.13. The van der Waals surface area contributed by atoms with Gasteiger partial charge in [-0.05, 0) is 18.9 Å². The summed E-state index contributed by atoms with van der Waals surface area (Å²) in [5, 5.41) is 0. The van der Waals surface area contributed by atoms with Gasteiger partial charge in [-0.25, -0.2) is 0 Å². The molecule has 1 saturated heterocycles. The predicted molar refractivity (Wildman–Crippen MR) is 56.5 cm³/mol. The molecule has 2 fully saturated rings. The summed E-state index contributed by atoms with van der Waals surface area (Å²) in [6.45, 7) is 7.83. The van der Waals surface area contributed by atoms with Crippen molar-refractivity contribution in [2.75, 3.05) is 26.7 Å². The van der Waals surface area contributed by atoms with Crippen molar-refractivity contribution >= 4 is 0 Å². The number of likely N-dealkylation sites (tertiary alicyclic amines) is 1. The quantitative estimate of drug-likeness (QED) is 0.452. The van der Waals surface area contributed by atoms with Crippen LogP contribution >= 0.6 is 0 Å². The predicted octanol–water partition coefficient (Wildman–Crippen LogP) is 2.58. The summed E-state index contributed by atoms with van der Waals surface area (Å²) in [5.74, 6) is 0. The van der Waals surface area contributed by atoms with E-state index in [2.05, 4.69) is 19.7 Å². The third-order valence-corrected chi connectivity index (χ3v) is 4.13. The van der Waals surface area contributed by atoms with E-state index in [4.69, 9.17) is 0 Å². The molecule has 2 rings (SSSR count). The number of likely N-dealkylation sites (N-methyl/N-ethyl adjacent to an activating group) is 1. The van der Waals surface area contributed by atoms with Crippen LogP contribution in [0.15, 0.2) is 12.7 Å². The van der Waals surface area contributed by atoms with Gasteiger partial charge in [-0.3, -0.25) is 0 Å². The van der Waals surface area contributed by atoms with Gasteiger partial charge in [-0.1, -0.05) is 19.4 Å². The minimum atomic E-state index is 0.748. The van der Waals surface area contributed by atoms with Crippen LogP contribution in [0.2, 0.25) is 0 Å². The van der Waals surface area contributed by atoms with Crippen molar-refractivity contribution in [3.63, 3.8) is 0 Å². The number of hydrogen-bond acceptors (Lipinski definition) is 0. The van der Waals surface area contributed by atoms with Crippen molar-refractivity contribution in [2.45, 2.75) is 32.1 Å². The normalized spacial score (nSPS) is 37.0. The van der Waals surface area contributed by atoms with Crippen molar-refractivity contribution in [2.24, 2.45) is 5.41 Å². The van der Waals surface area contributed by atoms with Crippen LogP contribution in [-0.2, 0) is 0 Å². The molecule has 1 nitrogen and oxygen atoms in total. The highest BCUT2D eigenvalue weighted by Gasteiger charge is 2.47. The smallest absolute Gasteiger partial charge is 0.0969 e. The zero-order valence-corrected chi connectivity index (χ0v) is 8.89. The minimum absolute atomic E-state index is 0.748. The molecular formula is C12H22N+. The van der Waals surface area contributed by atoms with Crippen LogP contribution in [0.4, 0.5) is 0 Å². The van der Waals surface area contributed by atoms with Gasteiger partial charge in [0, 0.05) is 11.8 Å². The first-order valence-electron chi connectivity index (χ1n) is 5.63. The first-order chi connectivity index (χ1) is 6.18. The summed E-state index contributed by atoms with van der Waals surface area (Å²) >= 11 is 0. The Balaban J connectivity index is 2.03. The fourth-order valence-electron chi connectivity index (χ4n) is 3.48. The maximum absolute atomic E-state index is 3.87. The molecule has 1 aliphatic carbocycles. The van der Waals surface area contributed by atoms with Crippen LogP contribution in [0.3, 0.4) is 0 Å². The molecule has 74 valence electrons. The molecule has 1 aliphatic heterocycles. The lowest BCUT2D eigenvalue weighted by molar-refractivity contribution is -0.894. The van der Waals surface area contributed by atoms with Crippen molar-refractivity contribution in [1.29, 1.82) is 0 Å². The molecule has 1 heteroatoms. The van der Waals surface area contributed by atoms with Gasteiger partial charge in [0.2, 0.25) is 0 Å². The van der Waals surface area contributed by atoms with E-state index in [0.717, 1.165) is 5.41 Å². The third-order valence-electron chi connectivity index (χ3n) is 4.13. The summed E-state index contributed by atoms with van der Waals surface area (Å²) in [7, 11) is 2.40. The Morgan fingerprint density at radius 3 is 2.62 bits per heavy atom. The highest BCUT2D eigenvalue weighted by Crippen LogP contribution is 2.47. The fraction of sp³-hybridized carbons (Fsp3) is 0.833. The first-order valence-corrected chi connectivity index (χ1v) is 5.63. The molecule has 0 aromatic rings. The monoisotopic (exact) mass is 180 g/mol. The number of quaternary nitrogens is 1. The summed E-state index contributed by atoms with van der Waals surface area (Å²) in [4.78, 5) is 0. The van der Waals surface area contributed by atoms with Gasteiger partial charge >= 0.3 is 0 Å². The minimum Gasteiger partial charge on any atom is -0.322 e. The molecule has 0 aromatic heterocycles. The second-order valence-corrected chi connectivity index (χ2v) is 5.43. The molecule has 0 amide bonds. The van der Waals surface area contributed by atoms with Gasteiger partial charge in [0.1, 0.15) is 0 Å². The molecule has 0 bridgehead atoms. The number of hydrogen-bond donors (Lipinski definition) is 0. The summed E-state index contributed by atoms with van der Waals surface area (Å²) in [5.41, 5.74) is 0.748. The van der Waals surface area contributed by atoms with Gasteiger partial charge in [0.15, 0.2) is 0 Å². The summed E-state index contributed by atoms with van der Waals surface area (Å²) < 4.78 is 1.25. The van der Waals surface area contributed by atoms with Crippen LogP contribution in [-0.4, -0.2) is 31.2 Å². The number of rotatable bonds is 2. The Kier molecular flexibility index (Phi) is 2.23. The molecule has 0 aromatic carbocycles. The molecule has 1 unspecified atom stereocenters. The van der Waals surface area contributed by atoms with Crippen molar-refractivity contribution in [3.8, 4) is 0 Å². The van der Waals surface area contributed by atoms with E-state index in [9.17, 15) is 0 Å². The first kappa shape index (κ1) is 9.26. The van der Waals surface area contributed by atoms with Gasteiger partial charge in [-0.2, -0.15) is 0 Å². The van der Waals surface area contributed by atoms with E-state index in [-0.39, 0.29) is 0 Å². The molecule has 0 N–H and O–H groups in total. The van der Waals surface area contributed by atoms with Gasteiger partial charge in [-0.15, -0.1) is 0 Å². The topological polar surface area (TPSA) is 0 Å². The van der Waals surface area contributed by atoms with Crippen LogP contribution < -0.4 is 0 Å². The standard InChI is InChI=1S/C12H22N/c1-3-9-13(2)10-8-12(11-13)6-4-5-7-12/h3H,1,4-11H2,2H3/q+1. The Morgan fingerprint density at radius 2 is 2.00 bits per heavy atom. The fourth-order valence-corrected chi connectivity index (χ4v) is 3.48. The zero-order valence-electron chi connectivity index (χ0n) is 8.89.